The van der Waals surface area contributed by atoms with Gasteiger partial charge >= 0.3 is 0 Å². The fourth-order valence-corrected chi connectivity index (χ4v) is 2.66. The van der Waals surface area contributed by atoms with Crippen LogP contribution in [0.2, 0.25) is 0 Å². The van der Waals surface area contributed by atoms with Crippen molar-refractivity contribution in [1.29, 1.82) is 0 Å². The Balaban J connectivity index is 1.45. The van der Waals surface area contributed by atoms with Crippen LogP contribution in [0.3, 0.4) is 0 Å². The molecule has 0 unspecified atom stereocenters. The van der Waals surface area contributed by atoms with Crippen molar-refractivity contribution in [3.05, 3.63) is 70.8 Å². The number of nitrogens with zero attached hydrogens (tertiary/aromatic N) is 3. The van der Waals surface area contributed by atoms with Gasteiger partial charge in [-0.2, -0.15) is 10.2 Å². The van der Waals surface area contributed by atoms with Crippen LogP contribution < -0.4 is 10.9 Å². The molecule has 8 heteroatoms. The van der Waals surface area contributed by atoms with Gasteiger partial charge < -0.3 is 9.73 Å². The highest BCUT2D eigenvalue weighted by atomic mass is 16.3. The van der Waals surface area contributed by atoms with E-state index in [1.807, 2.05) is 24.3 Å². The van der Waals surface area contributed by atoms with E-state index < -0.39 is 0 Å². The SMILES string of the molecule is O=C(NCCn1nc(-c2ccco2)ccc1=O)c1n[nH]c2ccccc12. The van der Waals surface area contributed by atoms with Crippen molar-refractivity contribution < 1.29 is 9.21 Å². The van der Waals surface area contributed by atoms with Gasteiger partial charge in [0.2, 0.25) is 0 Å². The molecule has 0 saturated heterocycles. The van der Waals surface area contributed by atoms with Crippen LogP contribution in [0.4, 0.5) is 0 Å². The van der Waals surface area contributed by atoms with E-state index in [2.05, 4.69) is 20.6 Å². The summed E-state index contributed by atoms with van der Waals surface area (Å²) in [4.78, 5) is 24.3. The van der Waals surface area contributed by atoms with Crippen LogP contribution in [-0.4, -0.2) is 32.4 Å². The first-order valence-corrected chi connectivity index (χ1v) is 8.06. The van der Waals surface area contributed by atoms with Crippen LogP contribution in [0.1, 0.15) is 10.5 Å². The molecule has 130 valence electrons. The lowest BCUT2D eigenvalue weighted by molar-refractivity contribution is 0.0948. The van der Waals surface area contributed by atoms with Gasteiger partial charge in [0.1, 0.15) is 5.69 Å². The second-order valence-corrected chi connectivity index (χ2v) is 5.63. The summed E-state index contributed by atoms with van der Waals surface area (Å²) in [6.45, 7) is 0.482. The molecule has 0 fully saturated rings. The highest BCUT2D eigenvalue weighted by Crippen LogP contribution is 2.15. The number of furan rings is 1. The minimum absolute atomic E-state index is 0.238. The largest absolute Gasteiger partial charge is 0.463 e. The lowest BCUT2D eigenvalue weighted by Gasteiger charge is -2.07. The van der Waals surface area contributed by atoms with Crippen molar-refractivity contribution in [2.45, 2.75) is 6.54 Å². The van der Waals surface area contributed by atoms with Gasteiger partial charge in [0, 0.05) is 18.0 Å². The predicted molar refractivity (Wildman–Crippen MR) is 94.6 cm³/mol. The second-order valence-electron chi connectivity index (χ2n) is 5.63. The maximum atomic E-state index is 12.3. The van der Waals surface area contributed by atoms with Crippen molar-refractivity contribution in [3.8, 4) is 11.5 Å². The molecule has 26 heavy (non-hydrogen) atoms. The van der Waals surface area contributed by atoms with Gasteiger partial charge in [0.05, 0.1) is 18.3 Å². The molecule has 0 aliphatic rings. The van der Waals surface area contributed by atoms with Crippen molar-refractivity contribution >= 4 is 16.8 Å². The third kappa shape index (κ3) is 3.00. The lowest BCUT2D eigenvalue weighted by atomic mass is 10.2. The summed E-state index contributed by atoms with van der Waals surface area (Å²) in [7, 11) is 0. The average Bonchev–Trinajstić information content (AvgIpc) is 3.33. The number of carbonyl (C=O) groups excluding carboxylic acids is 1. The Morgan fingerprint density at radius 1 is 1.15 bits per heavy atom. The molecule has 0 aliphatic carbocycles. The van der Waals surface area contributed by atoms with Crippen LogP contribution in [0.5, 0.6) is 0 Å². The zero-order chi connectivity index (χ0) is 17.9. The molecular formula is C18H15N5O3. The standard InChI is InChI=1S/C18H15N5O3/c24-16-8-7-14(15-6-3-11-26-15)22-23(16)10-9-19-18(25)17-12-4-1-2-5-13(12)20-21-17/h1-8,11H,9-10H2,(H,19,25)(H,20,21). The number of amides is 1. The number of hydrogen-bond donors (Lipinski definition) is 2. The first kappa shape index (κ1) is 15.8. The topological polar surface area (TPSA) is 106 Å². The molecule has 4 aromatic rings. The minimum atomic E-state index is -0.308. The van der Waals surface area contributed by atoms with Gasteiger partial charge in [-0.25, -0.2) is 4.68 Å². The highest BCUT2D eigenvalue weighted by Gasteiger charge is 2.13. The zero-order valence-corrected chi connectivity index (χ0v) is 13.7. The Bertz CT molecular complexity index is 1110. The normalized spacial score (nSPS) is 10.9. The monoisotopic (exact) mass is 349 g/mol. The fourth-order valence-electron chi connectivity index (χ4n) is 2.66. The van der Waals surface area contributed by atoms with Gasteiger partial charge in [-0.15, -0.1) is 0 Å². The Labute approximate surface area is 147 Å². The second kappa shape index (κ2) is 6.67. The number of aromatic nitrogens is 4. The molecule has 0 aliphatic heterocycles. The lowest BCUT2D eigenvalue weighted by Crippen LogP contribution is -2.32. The Hall–Kier alpha value is -3.68. The summed E-state index contributed by atoms with van der Waals surface area (Å²) in [6.07, 6.45) is 1.54. The highest BCUT2D eigenvalue weighted by molar-refractivity contribution is 6.04. The van der Waals surface area contributed by atoms with Gasteiger partial charge in [-0.05, 0) is 24.3 Å². The molecule has 0 bridgehead atoms. The minimum Gasteiger partial charge on any atom is -0.463 e. The number of fused-ring (bicyclic) bond motifs is 1. The Morgan fingerprint density at radius 3 is 2.88 bits per heavy atom. The molecule has 8 nitrogen and oxygen atoms in total. The fraction of sp³-hybridized carbons (Fsp3) is 0.111. The van der Waals surface area contributed by atoms with E-state index in [0.29, 0.717) is 17.1 Å². The molecule has 2 N–H and O–H groups in total. The molecule has 0 spiro atoms. The average molecular weight is 349 g/mol. The summed E-state index contributed by atoms with van der Waals surface area (Å²) >= 11 is 0. The van der Waals surface area contributed by atoms with E-state index in [0.717, 1.165) is 10.9 Å². The van der Waals surface area contributed by atoms with E-state index in [9.17, 15) is 9.59 Å². The predicted octanol–water partition coefficient (Wildman–Crippen LogP) is 1.81. The molecule has 0 radical (unpaired) electrons. The van der Waals surface area contributed by atoms with Gasteiger partial charge in [0.15, 0.2) is 11.5 Å². The summed E-state index contributed by atoms with van der Waals surface area (Å²) < 4.78 is 6.58. The van der Waals surface area contributed by atoms with Crippen LogP contribution in [0.15, 0.2) is 64.0 Å². The first-order valence-electron chi connectivity index (χ1n) is 8.06. The molecule has 0 atom stereocenters. The number of benzene rings is 1. The smallest absolute Gasteiger partial charge is 0.272 e. The number of carbonyl (C=O) groups is 1. The molecule has 0 saturated carbocycles. The van der Waals surface area contributed by atoms with Crippen molar-refractivity contribution in [2.24, 2.45) is 0 Å². The third-order valence-electron chi connectivity index (χ3n) is 3.93. The van der Waals surface area contributed by atoms with E-state index in [1.165, 1.54) is 10.7 Å². The quantitative estimate of drug-likeness (QED) is 0.571. The Kier molecular flexibility index (Phi) is 4.06. The molecule has 3 heterocycles. The van der Waals surface area contributed by atoms with Gasteiger partial charge in [-0.1, -0.05) is 18.2 Å². The first-order chi connectivity index (χ1) is 12.7. The van der Waals surface area contributed by atoms with E-state index in [1.54, 1.807) is 24.5 Å². The van der Waals surface area contributed by atoms with Gasteiger partial charge in [-0.3, -0.25) is 14.7 Å². The third-order valence-corrected chi connectivity index (χ3v) is 3.93. The zero-order valence-electron chi connectivity index (χ0n) is 13.7. The summed E-state index contributed by atoms with van der Waals surface area (Å²) in [5.74, 6) is 0.267. The maximum Gasteiger partial charge on any atom is 0.272 e. The molecule has 3 aromatic heterocycles. The maximum absolute atomic E-state index is 12.3. The summed E-state index contributed by atoms with van der Waals surface area (Å²) in [5.41, 5.74) is 1.42. The number of rotatable bonds is 5. The number of para-hydroxylation sites is 1. The van der Waals surface area contributed by atoms with Crippen molar-refractivity contribution in [2.75, 3.05) is 6.54 Å². The molecule has 4 rings (SSSR count). The van der Waals surface area contributed by atoms with Crippen LogP contribution in [0, 0.1) is 0 Å². The number of nitrogens with one attached hydrogen (secondary N) is 2. The van der Waals surface area contributed by atoms with Gasteiger partial charge in [0.25, 0.3) is 11.5 Å². The number of hydrogen-bond acceptors (Lipinski definition) is 5. The molecule has 1 amide bonds. The van der Waals surface area contributed by atoms with Crippen molar-refractivity contribution in [1.82, 2.24) is 25.3 Å². The molecule has 1 aromatic carbocycles. The molecular weight excluding hydrogens is 334 g/mol. The van der Waals surface area contributed by atoms with E-state index in [-0.39, 0.29) is 24.6 Å². The summed E-state index contributed by atoms with van der Waals surface area (Å²) in [5, 5.41) is 14.6. The summed E-state index contributed by atoms with van der Waals surface area (Å²) in [6, 6.07) is 13.9. The van der Waals surface area contributed by atoms with Crippen molar-refractivity contribution in [3.63, 3.8) is 0 Å². The van der Waals surface area contributed by atoms with Crippen LogP contribution in [-0.2, 0) is 6.54 Å². The van der Waals surface area contributed by atoms with Crippen LogP contribution >= 0.6 is 0 Å². The van der Waals surface area contributed by atoms with E-state index in [4.69, 9.17) is 4.42 Å². The Morgan fingerprint density at radius 2 is 2.04 bits per heavy atom. The van der Waals surface area contributed by atoms with E-state index >= 15 is 0 Å². The number of aromatic amines is 1. The van der Waals surface area contributed by atoms with Crippen LogP contribution in [0.25, 0.3) is 22.4 Å². The number of H-pyrrole nitrogens is 1.